The van der Waals surface area contributed by atoms with Crippen molar-refractivity contribution in [2.75, 3.05) is 43.0 Å². The van der Waals surface area contributed by atoms with Crippen LogP contribution in [0.25, 0.3) is 0 Å². The Morgan fingerprint density at radius 2 is 1.64 bits per heavy atom. The van der Waals surface area contributed by atoms with Crippen LogP contribution < -0.4 is 10.2 Å². The van der Waals surface area contributed by atoms with Crippen LogP contribution in [0.4, 0.5) is 11.4 Å². The minimum atomic E-state index is -0.452. The lowest BCUT2D eigenvalue weighted by Crippen LogP contribution is -2.45. The number of rotatable bonds is 8. The van der Waals surface area contributed by atoms with E-state index in [1.807, 2.05) is 44.2 Å². The smallest absolute Gasteiger partial charge is 0.340 e. The molecule has 5 rings (SSSR count). The van der Waals surface area contributed by atoms with Gasteiger partial charge in [0.2, 0.25) is 0 Å². The Kier molecular flexibility index (Phi) is 7.09. The summed E-state index contributed by atoms with van der Waals surface area (Å²) in [6.07, 6.45) is 2.30. The molecule has 2 fully saturated rings. The molecule has 0 spiro atoms. The second-order valence-corrected chi connectivity index (χ2v) is 9.81. The lowest BCUT2D eigenvalue weighted by Gasteiger charge is -2.36. The fourth-order valence-corrected chi connectivity index (χ4v) is 5.05. The number of hydrogen-bond donors (Lipinski definition) is 1. The van der Waals surface area contributed by atoms with Crippen molar-refractivity contribution in [3.8, 4) is 0 Å². The van der Waals surface area contributed by atoms with Crippen molar-refractivity contribution >= 4 is 23.3 Å². The van der Waals surface area contributed by atoms with Gasteiger partial charge < -0.3 is 19.5 Å². The number of carbonyl (C=O) groups excluding carboxylic acids is 2. The van der Waals surface area contributed by atoms with Gasteiger partial charge in [-0.05, 0) is 62.6 Å². The van der Waals surface area contributed by atoms with Crippen LogP contribution in [0.1, 0.15) is 46.2 Å². The number of piperazine rings is 1. The zero-order chi connectivity index (χ0) is 25.1. The van der Waals surface area contributed by atoms with Crippen LogP contribution in [0.3, 0.4) is 0 Å². The van der Waals surface area contributed by atoms with E-state index in [9.17, 15) is 9.59 Å². The molecule has 1 aliphatic carbocycles. The summed E-state index contributed by atoms with van der Waals surface area (Å²) in [6, 6.07) is 20.8. The predicted octanol–water partition coefficient (Wildman–Crippen LogP) is 4.56. The average molecular weight is 487 g/mol. The molecule has 2 aromatic carbocycles. The second-order valence-electron chi connectivity index (χ2n) is 9.81. The van der Waals surface area contributed by atoms with Gasteiger partial charge in [-0.2, -0.15) is 0 Å². The highest BCUT2D eigenvalue weighted by Gasteiger charge is 2.29. The van der Waals surface area contributed by atoms with Gasteiger partial charge in [-0.1, -0.05) is 30.3 Å². The van der Waals surface area contributed by atoms with Crippen molar-refractivity contribution in [2.45, 2.75) is 39.3 Å². The number of benzene rings is 2. The Hall–Kier alpha value is -3.58. The zero-order valence-electron chi connectivity index (χ0n) is 21.1. The number of nitrogens with zero attached hydrogens (tertiary/aromatic N) is 3. The van der Waals surface area contributed by atoms with E-state index < -0.39 is 5.97 Å². The summed E-state index contributed by atoms with van der Waals surface area (Å²) in [5, 5.41) is 2.82. The Morgan fingerprint density at radius 3 is 2.31 bits per heavy atom. The van der Waals surface area contributed by atoms with Crippen LogP contribution in [0.15, 0.2) is 60.7 Å². The lowest BCUT2D eigenvalue weighted by molar-refractivity contribution is -0.119. The number of nitrogens with one attached hydrogen (secondary N) is 1. The van der Waals surface area contributed by atoms with E-state index in [2.05, 4.69) is 50.0 Å². The highest BCUT2D eigenvalue weighted by Crippen LogP contribution is 2.38. The molecule has 3 aromatic rings. The van der Waals surface area contributed by atoms with Gasteiger partial charge >= 0.3 is 5.97 Å². The highest BCUT2D eigenvalue weighted by atomic mass is 16.5. The number of amides is 1. The SMILES string of the molecule is Cc1cc(C(=O)OCC(=O)Nc2ccc(N3CCN(Cc4ccccc4)CC3)cc2)c(C)n1C1CC1. The lowest BCUT2D eigenvalue weighted by atomic mass is 10.2. The third-order valence-electron chi connectivity index (χ3n) is 7.09. The minimum Gasteiger partial charge on any atom is -0.452 e. The molecule has 2 aliphatic rings. The Labute approximate surface area is 212 Å². The first-order valence-corrected chi connectivity index (χ1v) is 12.7. The molecular formula is C29H34N4O3. The first kappa shape index (κ1) is 24.1. The number of anilines is 2. The summed E-state index contributed by atoms with van der Waals surface area (Å²) < 4.78 is 7.50. The largest absolute Gasteiger partial charge is 0.452 e. The van der Waals surface area contributed by atoms with Gasteiger partial charge in [-0.3, -0.25) is 9.69 Å². The van der Waals surface area contributed by atoms with Crippen LogP contribution in [0, 0.1) is 13.8 Å². The van der Waals surface area contributed by atoms with Crippen molar-refractivity contribution in [2.24, 2.45) is 0 Å². The fraction of sp³-hybridized carbons (Fsp3) is 0.379. The van der Waals surface area contributed by atoms with Gasteiger partial charge in [0, 0.05) is 61.5 Å². The van der Waals surface area contributed by atoms with Gasteiger partial charge in [-0.25, -0.2) is 4.79 Å². The molecule has 1 N–H and O–H groups in total. The molecular weight excluding hydrogens is 452 g/mol. The van der Waals surface area contributed by atoms with Crippen LogP contribution in [0.5, 0.6) is 0 Å². The zero-order valence-corrected chi connectivity index (χ0v) is 21.1. The molecule has 36 heavy (non-hydrogen) atoms. The minimum absolute atomic E-state index is 0.308. The topological polar surface area (TPSA) is 66.8 Å². The molecule has 1 aromatic heterocycles. The number of carbonyl (C=O) groups is 2. The number of ether oxygens (including phenoxy) is 1. The second kappa shape index (κ2) is 10.6. The van der Waals surface area contributed by atoms with Gasteiger partial charge in [0.1, 0.15) is 0 Å². The van der Waals surface area contributed by atoms with Crippen LogP contribution in [-0.2, 0) is 16.1 Å². The molecule has 1 saturated heterocycles. The van der Waals surface area contributed by atoms with Crippen molar-refractivity contribution in [3.05, 3.63) is 83.2 Å². The molecule has 7 nitrogen and oxygen atoms in total. The fourth-order valence-electron chi connectivity index (χ4n) is 5.05. The molecule has 2 heterocycles. The molecule has 1 saturated carbocycles. The Bertz CT molecular complexity index is 1210. The maximum Gasteiger partial charge on any atom is 0.340 e. The summed E-state index contributed by atoms with van der Waals surface area (Å²) in [5.41, 5.74) is 5.69. The third kappa shape index (κ3) is 5.62. The van der Waals surface area contributed by atoms with E-state index in [4.69, 9.17) is 4.74 Å². The predicted molar refractivity (Wildman–Crippen MR) is 141 cm³/mol. The average Bonchev–Trinajstić information content (AvgIpc) is 3.68. The van der Waals surface area contributed by atoms with E-state index in [-0.39, 0.29) is 12.5 Å². The van der Waals surface area contributed by atoms with Crippen molar-refractivity contribution < 1.29 is 14.3 Å². The van der Waals surface area contributed by atoms with Gasteiger partial charge in [0.15, 0.2) is 6.61 Å². The molecule has 1 aliphatic heterocycles. The first-order chi connectivity index (χ1) is 17.5. The molecule has 0 unspecified atom stereocenters. The van der Waals surface area contributed by atoms with E-state index in [0.29, 0.717) is 17.3 Å². The van der Waals surface area contributed by atoms with E-state index >= 15 is 0 Å². The summed E-state index contributed by atoms with van der Waals surface area (Å²) in [6.45, 7) is 8.58. The summed E-state index contributed by atoms with van der Waals surface area (Å²) in [5.74, 6) is -0.798. The van der Waals surface area contributed by atoms with E-state index in [0.717, 1.165) is 62.6 Å². The van der Waals surface area contributed by atoms with E-state index in [1.54, 1.807) is 0 Å². The van der Waals surface area contributed by atoms with Gasteiger partial charge in [0.05, 0.1) is 5.56 Å². The monoisotopic (exact) mass is 486 g/mol. The first-order valence-electron chi connectivity index (χ1n) is 12.7. The van der Waals surface area contributed by atoms with Crippen LogP contribution in [0.2, 0.25) is 0 Å². The van der Waals surface area contributed by atoms with Gasteiger partial charge in [-0.15, -0.1) is 0 Å². The number of aryl methyl sites for hydroxylation is 1. The molecule has 0 atom stereocenters. The summed E-state index contributed by atoms with van der Waals surface area (Å²) in [7, 11) is 0. The molecule has 188 valence electrons. The molecule has 1 amide bonds. The Balaban J connectivity index is 1.08. The Morgan fingerprint density at radius 1 is 0.944 bits per heavy atom. The number of hydrogen-bond acceptors (Lipinski definition) is 5. The quantitative estimate of drug-likeness (QED) is 0.473. The maximum absolute atomic E-state index is 12.6. The molecule has 0 bridgehead atoms. The molecule has 0 radical (unpaired) electrons. The third-order valence-corrected chi connectivity index (χ3v) is 7.09. The summed E-state index contributed by atoms with van der Waals surface area (Å²) in [4.78, 5) is 29.8. The normalized spacial score (nSPS) is 16.1. The number of aromatic nitrogens is 1. The molecule has 7 heteroatoms. The standard InChI is InChI=1S/C29H34N4O3/c1-21-18-27(22(2)33(21)26-12-13-26)29(35)36-20-28(34)30-24-8-10-25(11-9-24)32-16-14-31(15-17-32)19-23-6-4-3-5-7-23/h3-11,18,26H,12-17,19-20H2,1-2H3,(H,30,34). The van der Waals surface area contributed by atoms with Crippen LogP contribution >= 0.6 is 0 Å². The highest BCUT2D eigenvalue weighted by molar-refractivity contribution is 5.96. The van der Waals surface area contributed by atoms with E-state index in [1.165, 1.54) is 5.56 Å². The summed E-state index contributed by atoms with van der Waals surface area (Å²) >= 11 is 0. The van der Waals surface area contributed by atoms with Crippen molar-refractivity contribution in [1.82, 2.24) is 9.47 Å². The van der Waals surface area contributed by atoms with Crippen molar-refractivity contribution in [1.29, 1.82) is 0 Å². The number of esters is 1. The van der Waals surface area contributed by atoms with Gasteiger partial charge in [0.25, 0.3) is 5.91 Å². The maximum atomic E-state index is 12.6. The van der Waals surface area contributed by atoms with Crippen molar-refractivity contribution in [3.63, 3.8) is 0 Å². The van der Waals surface area contributed by atoms with Crippen LogP contribution in [-0.4, -0.2) is 54.1 Å².